The molecule has 0 unspecified atom stereocenters. The maximum atomic E-state index is 9.21. The molecule has 0 saturated carbocycles. The molecule has 0 bridgehead atoms. The molecule has 2 rings (SSSR count). The molecule has 0 atom stereocenters. The predicted molar refractivity (Wildman–Crippen MR) is 58.7 cm³/mol. The van der Waals surface area contributed by atoms with E-state index in [1.165, 1.54) is 0 Å². The first-order chi connectivity index (χ1) is 7.34. The fourth-order valence-corrected chi connectivity index (χ4v) is 1.17. The number of benzene rings is 2. The molecule has 3 heteroatoms. The fraction of sp³-hybridized carbons (Fsp3) is 0. The Morgan fingerprint density at radius 1 is 0.733 bits per heavy atom. The van der Waals surface area contributed by atoms with Gasteiger partial charge in [-0.25, -0.2) is 0 Å². The molecule has 74 valence electrons. The van der Waals surface area contributed by atoms with E-state index in [0.29, 0.717) is 5.69 Å². The smallest absolute Gasteiger partial charge is 0.117 e. The Balaban J connectivity index is 2.19. The van der Waals surface area contributed by atoms with Crippen molar-refractivity contribution < 1.29 is 5.11 Å². The summed E-state index contributed by atoms with van der Waals surface area (Å²) in [6.45, 7) is 0. The second-order valence-electron chi connectivity index (χ2n) is 3.06. The minimum absolute atomic E-state index is 0.194. The van der Waals surface area contributed by atoms with Gasteiger partial charge in [-0.2, -0.15) is 10.2 Å². The Morgan fingerprint density at radius 3 is 2.13 bits per heavy atom. The first kappa shape index (κ1) is 9.40. The van der Waals surface area contributed by atoms with E-state index in [1.54, 1.807) is 24.3 Å². The van der Waals surface area contributed by atoms with Gasteiger partial charge in [0.2, 0.25) is 0 Å². The summed E-state index contributed by atoms with van der Waals surface area (Å²) < 4.78 is 0. The maximum absolute atomic E-state index is 9.21. The van der Waals surface area contributed by atoms with Gasteiger partial charge in [0.25, 0.3) is 0 Å². The summed E-state index contributed by atoms with van der Waals surface area (Å²) in [5.74, 6) is 0.194. The van der Waals surface area contributed by atoms with Crippen LogP contribution in [0.2, 0.25) is 0 Å². The molecule has 2 aromatic carbocycles. The molecule has 0 heterocycles. The number of hydrogen-bond acceptors (Lipinski definition) is 3. The first-order valence-electron chi connectivity index (χ1n) is 4.60. The molecule has 2 aromatic rings. The van der Waals surface area contributed by atoms with Crippen LogP contribution in [0.15, 0.2) is 64.8 Å². The average Bonchev–Trinajstić information content (AvgIpc) is 2.28. The second-order valence-corrected chi connectivity index (χ2v) is 3.06. The van der Waals surface area contributed by atoms with Crippen LogP contribution in [0.1, 0.15) is 0 Å². The van der Waals surface area contributed by atoms with Crippen molar-refractivity contribution in [1.29, 1.82) is 0 Å². The van der Waals surface area contributed by atoms with E-state index in [-0.39, 0.29) is 5.75 Å². The number of phenolic OH excluding ortho intramolecular Hbond substituents is 1. The van der Waals surface area contributed by atoms with Gasteiger partial charge < -0.3 is 5.11 Å². The first-order valence-corrected chi connectivity index (χ1v) is 4.60. The highest BCUT2D eigenvalue weighted by atomic mass is 16.3. The van der Waals surface area contributed by atoms with Crippen molar-refractivity contribution in [3.05, 3.63) is 54.6 Å². The van der Waals surface area contributed by atoms with Crippen LogP contribution in [0.3, 0.4) is 0 Å². The van der Waals surface area contributed by atoms with Gasteiger partial charge in [0.15, 0.2) is 0 Å². The van der Waals surface area contributed by atoms with E-state index < -0.39 is 0 Å². The highest BCUT2D eigenvalue weighted by molar-refractivity contribution is 5.43. The lowest BCUT2D eigenvalue weighted by Gasteiger charge is -1.93. The van der Waals surface area contributed by atoms with Gasteiger partial charge in [0.05, 0.1) is 11.4 Å². The van der Waals surface area contributed by atoms with Gasteiger partial charge in [-0.05, 0) is 24.3 Å². The fourth-order valence-electron chi connectivity index (χ4n) is 1.17. The molecule has 0 aromatic heterocycles. The van der Waals surface area contributed by atoms with E-state index in [2.05, 4.69) is 10.2 Å². The maximum Gasteiger partial charge on any atom is 0.117 e. The molecule has 3 nitrogen and oxygen atoms in total. The van der Waals surface area contributed by atoms with E-state index in [0.717, 1.165) is 5.69 Å². The molecule has 0 amide bonds. The van der Waals surface area contributed by atoms with Crippen molar-refractivity contribution in [2.24, 2.45) is 10.2 Å². The summed E-state index contributed by atoms with van der Waals surface area (Å²) in [4.78, 5) is 0. The highest BCUT2D eigenvalue weighted by Crippen LogP contribution is 2.21. The SMILES string of the molecule is Oc1cccc(N=Nc2ccccc2)c1. The van der Waals surface area contributed by atoms with Crippen LogP contribution in [0.25, 0.3) is 0 Å². The molecule has 0 spiro atoms. The van der Waals surface area contributed by atoms with Crippen molar-refractivity contribution in [1.82, 2.24) is 0 Å². The number of hydrogen-bond donors (Lipinski definition) is 1. The van der Waals surface area contributed by atoms with Crippen LogP contribution in [0.5, 0.6) is 5.75 Å². The van der Waals surface area contributed by atoms with Gasteiger partial charge in [-0.1, -0.05) is 24.3 Å². The number of nitrogens with zero attached hydrogens (tertiary/aromatic N) is 2. The lowest BCUT2D eigenvalue weighted by atomic mass is 10.3. The Hall–Kier alpha value is -2.16. The largest absolute Gasteiger partial charge is 0.508 e. The highest BCUT2D eigenvalue weighted by Gasteiger charge is 1.91. The zero-order chi connectivity index (χ0) is 10.5. The van der Waals surface area contributed by atoms with Gasteiger partial charge >= 0.3 is 0 Å². The van der Waals surface area contributed by atoms with Crippen molar-refractivity contribution in [2.45, 2.75) is 0 Å². The third-order valence-corrected chi connectivity index (χ3v) is 1.87. The molecule has 0 saturated heterocycles. The van der Waals surface area contributed by atoms with E-state index >= 15 is 0 Å². The molecule has 0 fully saturated rings. The molecule has 1 N–H and O–H groups in total. The minimum atomic E-state index is 0.194. The van der Waals surface area contributed by atoms with Crippen molar-refractivity contribution in [2.75, 3.05) is 0 Å². The lowest BCUT2D eigenvalue weighted by Crippen LogP contribution is -1.65. The molecular weight excluding hydrogens is 188 g/mol. The lowest BCUT2D eigenvalue weighted by molar-refractivity contribution is 0.475. The third kappa shape index (κ3) is 2.64. The zero-order valence-electron chi connectivity index (χ0n) is 8.04. The van der Waals surface area contributed by atoms with Gasteiger partial charge in [0, 0.05) is 6.07 Å². The standard InChI is InChI=1S/C12H10N2O/c15-12-8-4-7-11(9-12)14-13-10-5-2-1-3-6-10/h1-9,15H. The van der Waals surface area contributed by atoms with E-state index in [9.17, 15) is 5.11 Å². The average molecular weight is 198 g/mol. The minimum Gasteiger partial charge on any atom is -0.508 e. The van der Waals surface area contributed by atoms with Gasteiger partial charge in [-0.15, -0.1) is 0 Å². The molecule has 15 heavy (non-hydrogen) atoms. The van der Waals surface area contributed by atoms with Gasteiger partial charge in [-0.3, -0.25) is 0 Å². The van der Waals surface area contributed by atoms with Crippen LogP contribution in [0.4, 0.5) is 11.4 Å². The number of azo groups is 1. The Morgan fingerprint density at radius 2 is 1.40 bits per heavy atom. The number of phenols is 1. The quantitative estimate of drug-likeness (QED) is 0.732. The van der Waals surface area contributed by atoms with Gasteiger partial charge in [0.1, 0.15) is 5.75 Å². The molecule has 0 aliphatic carbocycles. The summed E-state index contributed by atoms with van der Waals surface area (Å²) in [7, 11) is 0. The summed E-state index contributed by atoms with van der Waals surface area (Å²) in [5, 5.41) is 17.2. The summed E-state index contributed by atoms with van der Waals surface area (Å²) >= 11 is 0. The molecular formula is C12H10N2O. The molecule has 0 aliphatic heterocycles. The van der Waals surface area contributed by atoms with Crippen LogP contribution < -0.4 is 0 Å². The van der Waals surface area contributed by atoms with E-state index in [1.807, 2.05) is 30.3 Å². The second kappa shape index (κ2) is 4.37. The van der Waals surface area contributed by atoms with Crippen molar-refractivity contribution >= 4 is 11.4 Å². The number of rotatable bonds is 2. The topological polar surface area (TPSA) is 45.0 Å². The third-order valence-electron chi connectivity index (χ3n) is 1.87. The summed E-state index contributed by atoms with van der Waals surface area (Å²) in [6.07, 6.45) is 0. The van der Waals surface area contributed by atoms with Crippen LogP contribution in [-0.4, -0.2) is 5.11 Å². The number of aromatic hydroxyl groups is 1. The predicted octanol–water partition coefficient (Wildman–Crippen LogP) is 3.81. The van der Waals surface area contributed by atoms with Crippen LogP contribution in [0, 0.1) is 0 Å². The Bertz CT molecular complexity index is 466. The van der Waals surface area contributed by atoms with Crippen molar-refractivity contribution in [3.8, 4) is 5.75 Å². The monoisotopic (exact) mass is 198 g/mol. The summed E-state index contributed by atoms with van der Waals surface area (Å²) in [5.41, 5.74) is 1.43. The summed E-state index contributed by atoms with van der Waals surface area (Å²) in [6, 6.07) is 16.1. The van der Waals surface area contributed by atoms with E-state index in [4.69, 9.17) is 0 Å². The molecule has 0 radical (unpaired) electrons. The Labute approximate surface area is 87.7 Å². The molecule has 0 aliphatic rings. The Kier molecular flexibility index (Phi) is 2.74. The normalized spacial score (nSPS) is 10.7. The van der Waals surface area contributed by atoms with Crippen LogP contribution in [-0.2, 0) is 0 Å². The van der Waals surface area contributed by atoms with Crippen LogP contribution >= 0.6 is 0 Å². The van der Waals surface area contributed by atoms with Crippen molar-refractivity contribution in [3.63, 3.8) is 0 Å². The zero-order valence-corrected chi connectivity index (χ0v) is 8.04.